The molecule has 6 aromatic rings. The summed E-state index contributed by atoms with van der Waals surface area (Å²) in [7, 11) is 8.80. The summed E-state index contributed by atoms with van der Waals surface area (Å²) >= 11 is 0. The van der Waals surface area contributed by atoms with Crippen LogP contribution in [0.4, 0.5) is 11.4 Å². The Kier molecular flexibility index (Phi) is 19.5. The normalized spacial score (nSPS) is 35.9. The fourth-order valence-electron chi connectivity index (χ4n) is 25.7. The van der Waals surface area contributed by atoms with Crippen LogP contribution < -0.4 is 19.3 Å². The number of para-hydroxylation sites is 2. The Morgan fingerprint density at radius 3 is 1.61 bits per heavy atom. The van der Waals surface area contributed by atoms with E-state index in [2.05, 4.69) is 164 Å². The molecule has 2 aliphatic carbocycles. The Bertz CT molecular complexity index is 4810. The number of nitrogens with zero attached hydrogens (tertiary/aromatic N) is 6. The van der Waals surface area contributed by atoms with E-state index in [4.69, 9.17) is 23.7 Å². The maximum absolute atomic E-state index is 15.3. The molecule has 4 fully saturated rings. The number of methoxy groups -OCH3 is 3. The lowest BCUT2D eigenvalue weighted by Gasteiger charge is -2.64. The Morgan fingerprint density at radius 2 is 1.10 bits per heavy atom. The van der Waals surface area contributed by atoms with Crippen LogP contribution in [0.3, 0.4) is 0 Å². The zero-order valence-electron chi connectivity index (χ0n) is 66.0. The van der Waals surface area contributed by atoms with Gasteiger partial charge >= 0.3 is 17.9 Å². The summed E-state index contributed by atoms with van der Waals surface area (Å²) in [5.74, 6) is 0.0859. The molecule has 111 heavy (non-hydrogen) atoms. The summed E-state index contributed by atoms with van der Waals surface area (Å²) in [5, 5.41) is 63.8. The molecule has 21 nitrogen and oxygen atoms in total. The number of rotatable bonds is 14. The van der Waals surface area contributed by atoms with Crippen LogP contribution in [0.5, 0.6) is 11.5 Å². The van der Waals surface area contributed by atoms with Crippen molar-refractivity contribution in [1.29, 1.82) is 0 Å². The Hall–Kier alpha value is -7.83. The number of anilines is 2. The molecule has 2 saturated carbocycles. The van der Waals surface area contributed by atoms with Crippen molar-refractivity contribution < 1.29 is 63.6 Å². The lowest BCUT2D eigenvalue weighted by Crippen LogP contribution is -2.80. The first-order valence-corrected chi connectivity index (χ1v) is 40.5. The van der Waals surface area contributed by atoms with Gasteiger partial charge in [-0.05, 0) is 136 Å². The van der Waals surface area contributed by atoms with Gasteiger partial charge < -0.3 is 69.0 Å². The minimum Gasteiger partial charge on any atom is -0.496 e. The predicted molar refractivity (Wildman–Crippen MR) is 430 cm³/mol. The monoisotopic (exact) mass is 1520 g/mol. The molecule has 2 saturated heterocycles. The number of nitrogens with one attached hydrogen (secondary N) is 2. The van der Waals surface area contributed by atoms with Crippen LogP contribution in [-0.4, -0.2) is 241 Å². The third-order valence-electron chi connectivity index (χ3n) is 29.7. The molecule has 18 atom stereocenters. The minimum absolute atomic E-state index is 0. The van der Waals surface area contributed by atoms with Gasteiger partial charge in [0.25, 0.3) is 0 Å². The fraction of sp³-hybridized carbons (Fsp3) is 0.567. The van der Waals surface area contributed by atoms with Crippen LogP contribution in [-0.2, 0) is 63.1 Å². The topological polar surface area (TPSA) is 250 Å². The third kappa shape index (κ3) is 10.7. The number of ether oxygens (including phenoxy) is 5. The minimum atomic E-state index is -1.84. The number of esters is 3. The number of benzene rings is 4. The number of aliphatic hydroxyl groups is 5. The second kappa shape index (κ2) is 28.0. The van der Waals surface area contributed by atoms with Gasteiger partial charge in [-0.15, -0.1) is 0 Å². The number of hydrogen-bond acceptors (Lipinski definition) is 19. The average molecular weight is 1520 g/mol. The Morgan fingerprint density at radius 1 is 0.595 bits per heavy atom. The SMILES string of the molecule is C.CCC1=C[C@@H]2CN(CCc3c([nH]c4ccccc34)[C@@](C(=O)OC)(c3cc4c(cc3OC)N(C)[C@H]3[C@@](O)(COC(C)=O)[C@H](OC(C)=O)[C@]5(CC)C=CCN6CC[C@]43C65)C2)C1.CCC1=C[C@@H]2CN(CCc3c([nH]c4ccccc34)[C@@](CO)(c3cc4c(cc3OC)N(C)[C@H]3[C@@](O)(CO)[C@H](O)[C@]5(CC)C=CCN6CC[C@]43C65)C2)C1. The van der Waals surface area contributed by atoms with Crippen LogP contribution in [0.2, 0.25) is 0 Å². The highest BCUT2D eigenvalue weighted by Gasteiger charge is 2.80. The zero-order chi connectivity index (χ0) is 77.1. The number of aromatic nitrogens is 2. The van der Waals surface area contributed by atoms with Gasteiger partial charge in [0.1, 0.15) is 35.2 Å². The summed E-state index contributed by atoms with van der Waals surface area (Å²) in [6.45, 7) is 18.8. The zero-order valence-corrected chi connectivity index (χ0v) is 66.0. The number of carbonyl (C=O) groups is 3. The first-order chi connectivity index (χ1) is 53.0. The lowest BCUT2D eigenvalue weighted by atomic mass is 9.47. The van der Waals surface area contributed by atoms with Crippen molar-refractivity contribution in [3.63, 3.8) is 0 Å². The van der Waals surface area contributed by atoms with E-state index in [1.54, 1.807) is 14.2 Å². The number of hydrogen-bond donors (Lipinski definition) is 7. The van der Waals surface area contributed by atoms with E-state index in [1.165, 1.54) is 43.1 Å². The van der Waals surface area contributed by atoms with Gasteiger partial charge in [-0.3, -0.25) is 34.0 Å². The average Bonchev–Trinajstić information content (AvgIpc) is 1.50. The van der Waals surface area contributed by atoms with Gasteiger partial charge in [0.2, 0.25) is 0 Å². The molecule has 21 heteroatoms. The maximum Gasteiger partial charge on any atom is 0.322 e. The summed E-state index contributed by atoms with van der Waals surface area (Å²) in [5.41, 5.74) is 6.00. The largest absolute Gasteiger partial charge is 0.496 e. The van der Waals surface area contributed by atoms with Crippen molar-refractivity contribution >= 4 is 51.1 Å². The number of likely N-dealkylation sites (N-methyl/N-ethyl adjacent to an activating group) is 2. The predicted octanol–water partition coefficient (Wildman–Crippen LogP) is 9.69. The third-order valence-corrected chi connectivity index (χ3v) is 29.7. The van der Waals surface area contributed by atoms with E-state index in [9.17, 15) is 35.1 Å². The summed E-state index contributed by atoms with van der Waals surface area (Å²) < 4.78 is 30.8. The molecule has 12 heterocycles. The van der Waals surface area contributed by atoms with Crippen molar-refractivity contribution in [3.8, 4) is 11.5 Å². The van der Waals surface area contributed by atoms with Crippen LogP contribution in [0, 0.1) is 22.7 Å². The molecule has 4 aromatic carbocycles. The highest BCUT2D eigenvalue weighted by Crippen LogP contribution is 2.70. The Balaban J connectivity index is 0.000000168. The van der Waals surface area contributed by atoms with Crippen molar-refractivity contribution in [1.82, 2.24) is 29.6 Å². The highest BCUT2D eigenvalue weighted by molar-refractivity contribution is 5.95. The molecule has 2 aromatic heterocycles. The number of fused-ring (bicyclic) bond motifs is 12. The molecule has 7 N–H and O–H groups in total. The molecule has 0 radical (unpaired) electrons. The summed E-state index contributed by atoms with van der Waals surface area (Å²) in [4.78, 5) is 62.9. The van der Waals surface area contributed by atoms with Gasteiger partial charge in [0, 0.05) is 182 Å². The van der Waals surface area contributed by atoms with Crippen molar-refractivity contribution in [2.45, 2.75) is 182 Å². The standard InChI is InChI=1S/C47H58N4O8.C42H54N4O5.CH4/c1-8-30-21-31-24-46(43(54)57-7,39-33(15-19-50(25-30)26-31)32-13-10-11-14-36(32)48-39)35-22-34-37(23-38(35)56-6)49(5)41-45(34)17-20-51-18-12-16-44(9-2,40(45)51)42(59-29(4)53)47(41,55)27-58-28(3)52;1-5-26-18-27-21-40(24-47,35-29(12-16-45(22-26)23-27)28-10-7-8-11-32(28)43-35)31-19-30-33(20-34(31)51-4)44(3)37-41(30)14-17-46-15-9-13-39(6-2,36(41)46)38(49)42(37,50)25-48;/h10-14,16,21-23,31,40-42,48,55H,8-9,15,17-20,24-27H2,1-7H3;7-11,13,18-20,27,36-38,43,47-50H,5-6,12,14-17,21-25H2,1-4H3;1H4/t31-,40?,41+,42+,44+,45+,46-,47-;27-,36?,37+,38+,39+,40-,41+,42-;/m00./s1. The van der Waals surface area contributed by atoms with Crippen LogP contribution >= 0.6 is 0 Å². The molecule has 4 bridgehead atoms. The highest BCUT2D eigenvalue weighted by atomic mass is 16.6. The van der Waals surface area contributed by atoms with Crippen LogP contribution in [0.1, 0.15) is 145 Å². The number of aliphatic hydroxyl groups excluding tert-OH is 3. The smallest absolute Gasteiger partial charge is 0.322 e. The number of aromatic amines is 2. The molecule has 2 spiro atoms. The molecule has 0 amide bonds. The molecule has 12 aliphatic rings. The second-order valence-electron chi connectivity index (χ2n) is 34.5. The van der Waals surface area contributed by atoms with E-state index >= 15 is 4.79 Å². The molecular formula is C90H116N8O13. The number of H-pyrrole nitrogens is 2. The Labute approximate surface area is 653 Å². The van der Waals surface area contributed by atoms with Crippen LogP contribution in [0.25, 0.3) is 21.8 Å². The van der Waals surface area contributed by atoms with Gasteiger partial charge in [0.05, 0.1) is 58.1 Å². The fourth-order valence-corrected chi connectivity index (χ4v) is 25.7. The molecule has 4 unspecified atom stereocenters. The first-order valence-electron chi connectivity index (χ1n) is 40.5. The van der Waals surface area contributed by atoms with E-state index in [0.717, 1.165) is 152 Å². The maximum atomic E-state index is 15.3. The quantitative estimate of drug-likeness (QED) is 0.0304. The molecular weight excluding hydrogens is 1400 g/mol. The van der Waals surface area contributed by atoms with Gasteiger partial charge in [-0.25, -0.2) is 0 Å². The van der Waals surface area contributed by atoms with Gasteiger partial charge in [0.15, 0.2) is 5.60 Å². The lowest BCUT2D eigenvalue weighted by molar-refractivity contribution is -0.232. The summed E-state index contributed by atoms with van der Waals surface area (Å²) in [6.07, 6.45) is 18.6. The van der Waals surface area contributed by atoms with E-state index in [-0.39, 0.29) is 50.5 Å². The first kappa shape index (κ1) is 77.1. The summed E-state index contributed by atoms with van der Waals surface area (Å²) in [6, 6.07) is 23.9. The van der Waals surface area contributed by atoms with E-state index in [1.807, 2.05) is 26.2 Å². The molecule has 18 rings (SSSR count). The second-order valence-corrected chi connectivity index (χ2v) is 34.5. The van der Waals surface area contributed by atoms with Crippen LogP contribution in [0.15, 0.2) is 120 Å². The van der Waals surface area contributed by atoms with Crippen molar-refractivity contribution in [2.24, 2.45) is 22.7 Å². The van der Waals surface area contributed by atoms with Crippen molar-refractivity contribution in [3.05, 3.63) is 165 Å². The molecule has 10 aliphatic heterocycles. The van der Waals surface area contributed by atoms with E-state index in [0.29, 0.717) is 55.7 Å². The van der Waals surface area contributed by atoms with Crippen molar-refractivity contribution in [2.75, 3.05) is 130 Å². The van der Waals surface area contributed by atoms with Gasteiger partial charge in [-0.1, -0.05) is 119 Å². The molecule has 594 valence electrons. The van der Waals surface area contributed by atoms with E-state index < -0.39 is 86.5 Å². The van der Waals surface area contributed by atoms with Gasteiger partial charge in [-0.2, -0.15) is 0 Å². The number of carbonyl (C=O) groups excluding carboxylic acids is 3.